The fourth-order valence-corrected chi connectivity index (χ4v) is 3.17. The molecule has 3 nitrogen and oxygen atoms in total. The number of carboxylic acid groups (broad SMARTS) is 1. The fraction of sp³-hybridized carbons (Fsp3) is 0.562. The molecule has 0 bridgehead atoms. The van der Waals surface area contributed by atoms with Gasteiger partial charge in [-0.05, 0) is 35.8 Å². The van der Waals surface area contributed by atoms with E-state index < -0.39 is 5.97 Å². The Bertz CT molecular complexity index is 462. The molecular formula is C16H23NO2. The zero-order valence-corrected chi connectivity index (χ0v) is 11.9. The molecule has 1 heterocycles. The van der Waals surface area contributed by atoms with Crippen LogP contribution >= 0.6 is 0 Å². The van der Waals surface area contributed by atoms with Crippen molar-refractivity contribution in [2.45, 2.75) is 39.5 Å². The minimum Gasteiger partial charge on any atom is -0.481 e. The van der Waals surface area contributed by atoms with Crippen LogP contribution in [0.1, 0.15) is 45.1 Å². The lowest BCUT2D eigenvalue weighted by molar-refractivity contribution is -0.146. The number of para-hydroxylation sites is 1. The highest BCUT2D eigenvalue weighted by Gasteiger charge is 2.39. The van der Waals surface area contributed by atoms with Crippen LogP contribution in [0, 0.1) is 11.3 Å². The van der Waals surface area contributed by atoms with Gasteiger partial charge in [0.25, 0.3) is 0 Å². The van der Waals surface area contributed by atoms with E-state index in [1.165, 1.54) is 0 Å². The van der Waals surface area contributed by atoms with Gasteiger partial charge in [0.2, 0.25) is 0 Å². The van der Waals surface area contributed by atoms with Gasteiger partial charge in [0.1, 0.15) is 0 Å². The lowest BCUT2D eigenvalue weighted by Gasteiger charge is -2.34. The van der Waals surface area contributed by atoms with Crippen LogP contribution in [0.5, 0.6) is 0 Å². The molecule has 1 aliphatic rings. The average Bonchev–Trinajstić information content (AvgIpc) is 2.50. The summed E-state index contributed by atoms with van der Waals surface area (Å²) in [6.45, 7) is 6.98. The van der Waals surface area contributed by atoms with Gasteiger partial charge in [-0.15, -0.1) is 0 Å². The van der Waals surface area contributed by atoms with Crippen molar-refractivity contribution >= 4 is 11.7 Å². The van der Waals surface area contributed by atoms with Gasteiger partial charge in [-0.2, -0.15) is 0 Å². The molecule has 2 unspecified atom stereocenters. The molecule has 1 aromatic rings. The molecule has 0 aliphatic carbocycles. The van der Waals surface area contributed by atoms with E-state index in [1.54, 1.807) is 0 Å². The average molecular weight is 261 g/mol. The zero-order valence-electron chi connectivity index (χ0n) is 11.9. The predicted octanol–water partition coefficient (Wildman–Crippen LogP) is 3.72. The summed E-state index contributed by atoms with van der Waals surface area (Å²) >= 11 is 0. The number of fused-ring (bicyclic) bond motifs is 1. The molecule has 0 saturated carbocycles. The van der Waals surface area contributed by atoms with Crippen LogP contribution in [-0.2, 0) is 4.79 Å². The van der Waals surface area contributed by atoms with Gasteiger partial charge in [0.05, 0.1) is 5.92 Å². The molecule has 1 aromatic carbocycles. The van der Waals surface area contributed by atoms with Crippen molar-refractivity contribution < 1.29 is 9.90 Å². The van der Waals surface area contributed by atoms with E-state index in [-0.39, 0.29) is 17.3 Å². The molecular weight excluding hydrogens is 238 g/mol. The van der Waals surface area contributed by atoms with Crippen LogP contribution < -0.4 is 5.32 Å². The van der Waals surface area contributed by atoms with Gasteiger partial charge in [-0.3, -0.25) is 4.79 Å². The van der Waals surface area contributed by atoms with Gasteiger partial charge < -0.3 is 10.4 Å². The summed E-state index contributed by atoms with van der Waals surface area (Å²) in [6.07, 6.45) is 1.94. The van der Waals surface area contributed by atoms with Crippen molar-refractivity contribution in [2.24, 2.45) is 11.3 Å². The molecule has 3 heteroatoms. The Labute approximate surface area is 115 Å². The molecule has 0 aromatic heterocycles. The first-order chi connectivity index (χ1) is 8.91. The minimum atomic E-state index is -0.686. The third kappa shape index (κ3) is 2.91. The Morgan fingerprint density at radius 3 is 2.68 bits per heavy atom. The standard InChI is InChI=1S/C16H23NO2/c1-16(2,3)14(15(18)19)12-8-6-10-17-13-9-5-4-7-11(12)13/h4-5,7,9,12,14,17H,6,8,10H2,1-3H3,(H,18,19). The second-order valence-corrected chi connectivity index (χ2v) is 6.44. The lowest BCUT2D eigenvalue weighted by Crippen LogP contribution is -2.34. The van der Waals surface area contributed by atoms with Gasteiger partial charge >= 0.3 is 5.97 Å². The van der Waals surface area contributed by atoms with E-state index in [0.717, 1.165) is 30.6 Å². The van der Waals surface area contributed by atoms with Gasteiger partial charge in [-0.1, -0.05) is 39.0 Å². The summed E-state index contributed by atoms with van der Waals surface area (Å²) in [6, 6.07) is 8.12. The summed E-state index contributed by atoms with van der Waals surface area (Å²) in [5.74, 6) is -0.952. The monoisotopic (exact) mass is 261 g/mol. The fourth-order valence-electron chi connectivity index (χ4n) is 3.17. The molecule has 2 rings (SSSR count). The second-order valence-electron chi connectivity index (χ2n) is 6.44. The number of nitrogens with one attached hydrogen (secondary N) is 1. The zero-order chi connectivity index (χ0) is 14.0. The number of anilines is 1. The molecule has 0 amide bonds. The van der Waals surface area contributed by atoms with Crippen molar-refractivity contribution in [3.8, 4) is 0 Å². The van der Waals surface area contributed by atoms with Crippen LogP contribution in [0.4, 0.5) is 5.69 Å². The quantitative estimate of drug-likeness (QED) is 0.853. The maximum absolute atomic E-state index is 11.7. The number of hydrogen-bond donors (Lipinski definition) is 2. The Balaban J connectivity index is 2.45. The highest BCUT2D eigenvalue weighted by atomic mass is 16.4. The number of carbonyl (C=O) groups is 1. The Kier molecular flexibility index (Phi) is 3.83. The molecule has 19 heavy (non-hydrogen) atoms. The summed E-state index contributed by atoms with van der Waals surface area (Å²) in [4.78, 5) is 11.7. The molecule has 0 radical (unpaired) electrons. The van der Waals surface area contributed by atoms with Crippen LogP contribution in [0.25, 0.3) is 0 Å². The van der Waals surface area contributed by atoms with Crippen molar-refractivity contribution in [3.05, 3.63) is 29.8 Å². The highest BCUT2D eigenvalue weighted by Crippen LogP contribution is 2.44. The molecule has 0 spiro atoms. The van der Waals surface area contributed by atoms with E-state index in [4.69, 9.17) is 0 Å². The predicted molar refractivity (Wildman–Crippen MR) is 77.5 cm³/mol. The van der Waals surface area contributed by atoms with Crippen molar-refractivity contribution in [1.29, 1.82) is 0 Å². The normalized spacial score (nSPS) is 20.9. The summed E-state index contributed by atoms with van der Waals surface area (Å²) in [5, 5.41) is 13.1. The van der Waals surface area contributed by atoms with E-state index in [9.17, 15) is 9.90 Å². The van der Waals surface area contributed by atoms with Crippen molar-refractivity contribution in [2.75, 3.05) is 11.9 Å². The number of carboxylic acids is 1. The minimum absolute atomic E-state index is 0.0868. The maximum Gasteiger partial charge on any atom is 0.307 e. The number of rotatable bonds is 2. The van der Waals surface area contributed by atoms with E-state index in [2.05, 4.69) is 17.4 Å². The number of benzene rings is 1. The van der Waals surface area contributed by atoms with Gasteiger partial charge in [0.15, 0.2) is 0 Å². The lowest BCUT2D eigenvalue weighted by atomic mass is 9.69. The summed E-state index contributed by atoms with van der Waals surface area (Å²) in [7, 11) is 0. The first-order valence-electron chi connectivity index (χ1n) is 6.97. The first-order valence-corrected chi connectivity index (χ1v) is 6.97. The third-order valence-electron chi connectivity index (χ3n) is 3.97. The third-order valence-corrected chi connectivity index (χ3v) is 3.97. The number of aliphatic carboxylic acids is 1. The van der Waals surface area contributed by atoms with Crippen molar-refractivity contribution in [3.63, 3.8) is 0 Å². The molecule has 104 valence electrons. The SMILES string of the molecule is CC(C)(C)C(C(=O)O)C1CCCNc2ccccc21. The summed E-state index contributed by atoms with van der Waals surface area (Å²) < 4.78 is 0. The molecule has 2 atom stereocenters. The topological polar surface area (TPSA) is 49.3 Å². The van der Waals surface area contributed by atoms with Crippen LogP contribution in [0.15, 0.2) is 24.3 Å². The van der Waals surface area contributed by atoms with E-state index in [0.29, 0.717) is 0 Å². The number of hydrogen-bond acceptors (Lipinski definition) is 2. The van der Waals surface area contributed by atoms with Crippen molar-refractivity contribution in [1.82, 2.24) is 0 Å². The maximum atomic E-state index is 11.7. The molecule has 2 N–H and O–H groups in total. The highest BCUT2D eigenvalue weighted by molar-refractivity contribution is 5.73. The van der Waals surface area contributed by atoms with Gasteiger partial charge in [-0.25, -0.2) is 0 Å². The van der Waals surface area contributed by atoms with E-state index >= 15 is 0 Å². The van der Waals surface area contributed by atoms with Crippen LogP contribution in [0.2, 0.25) is 0 Å². The molecule has 1 aliphatic heterocycles. The van der Waals surface area contributed by atoms with E-state index in [1.807, 2.05) is 32.9 Å². The Morgan fingerprint density at radius 2 is 2.05 bits per heavy atom. The smallest absolute Gasteiger partial charge is 0.307 e. The molecule has 0 fully saturated rings. The van der Waals surface area contributed by atoms with Gasteiger partial charge in [0, 0.05) is 12.2 Å². The van der Waals surface area contributed by atoms with Crippen LogP contribution in [0.3, 0.4) is 0 Å². The molecule has 0 saturated heterocycles. The first kappa shape index (κ1) is 13.9. The Morgan fingerprint density at radius 1 is 1.37 bits per heavy atom. The largest absolute Gasteiger partial charge is 0.481 e. The Hall–Kier alpha value is -1.51. The van der Waals surface area contributed by atoms with Crippen LogP contribution in [-0.4, -0.2) is 17.6 Å². The summed E-state index contributed by atoms with van der Waals surface area (Å²) in [5.41, 5.74) is 2.01. The second kappa shape index (κ2) is 5.24.